The fraction of sp³-hybridized carbons (Fsp3) is 0.897. The second-order valence-electron chi connectivity index (χ2n) is 16.7. The van der Waals surface area contributed by atoms with Crippen LogP contribution in [0.5, 0.6) is 0 Å². The van der Waals surface area contributed by atoms with E-state index in [1.807, 2.05) is 0 Å². The molecule has 0 aromatic heterocycles. The number of ether oxygens (including phenoxy) is 3. The van der Waals surface area contributed by atoms with Crippen molar-refractivity contribution in [3.05, 3.63) is 11.6 Å². The molecule has 272 valence electrons. The van der Waals surface area contributed by atoms with Crippen LogP contribution >= 0.6 is 0 Å². The Balaban J connectivity index is 1.19. The van der Waals surface area contributed by atoms with Gasteiger partial charge in [-0.25, -0.2) is 4.79 Å². The SMILES string of the molecule is CCCCCCCCCCN=C[C@]12CC[C@H](O[C@@H]3C[C@@H](O)[C@H](O)[C@H](C)O3)C[C@@]1(O)CC[C@@H]1[C@@H]2CC[C@]2(C)[C@@H](C3=CC(=O)OC3)CC[C@]12O. The van der Waals surface area contributed by atoms with Crippen LogP contribution in [0, 0.1) is 28.6 Å². The topological polar surface area (TPSA) is 138 Å². The van der Waals surface area contributed by atoms with Crippen LogP contribution in [0.25, 0.3) is 0 Å². The van der Waals surface area contributed by atoms with Gasteiger partial charge >= 0.3 is 5.97 Å². The van der Waals surface area contributed by atoms with Crippen LogP contribution in [0.3, 0.4) is 0 Å². The van der Waals surface area contributed by atoms with E-state index in [9.17, 15) is 25.2 Å². The summed E-state index contributed by atoms with van der Waals surface area (Å²) >= 11 is 0. The standard InChI is InChI=1S/C39H63NO8/c1-4-5-6-7-8-9-10-11-20-40-25-37-17-12-28(48-34-22-32(41)35(43)26(2)47-34)23-38(37,44)18-14-31-30(37)13-16-36(3)29(15-19-39(31,36)45)27-21-33(42)46-24-27/h21,25-26,28-32,34-35,41,43-45H,4-20,22-24H2,1-3H3/t26-,28-,29+,30-,31+,32+,34+,35+,36+,37-,38-,39-/m0/s1. The van der Waals surface area contributed by atoms with E-state index in [1.165, 1.54) is 44.9 Å². The molecule has 2 aliphatic heterocycles. The van der Waals surface area contributed by atoms with Gasteiger partial charge in [0, 0.05) is 42.5 Å². The summed E-state index contributed by atoms with van der Waals surface area (Å²) in [5.41, 5.74) is -1.80. The Morgan fingerprint density at radius 2 is 1.69 bits per heavy atom. The van der Waals surface area contributed by atoms with Crippen LogP contribution in [0.2, 0.25) is 0 Å². The molecule has 0 bridgehead atoms. The molecule has 4 saturated carbocycles. The van der Waals surface area contributed by atoms with Crippen molar-refractivity contribution >= 4 is 12.2 Å². The van der Waals surface area contributed by atoms with Crippen LogP contribution < -0.4 is 0 Å². The summed E-state index contributed by atoms with van der Waals surface area (Å²) in [6.07, 6.45) is 17.2. The van der Waals surface area contributed by atoms with Gasteiger partial charge in [0.1, 0.15) is 12.7 Å². The summed E-state index contributed by atoms with van der Waals surface area (Å²) < 4.78 is 17.6. The number of aliphatic imine (C=N–C) groups is 1. The molecule has 5 fully saturated rings. The summed E-state index contributed by atoms with van der Waals surface area (Å²) in [6.45, 7) is 7.31. The molecule has 0 radical (unpaired) electrons. The van der Waals surface area contributed by atoms with Gasteiger partial charge in [-0.2, -0.15) is 0 Å². The molecule has 2 heterocycles. The molecule has 12 atom stereocenters. The van der Waals surface area contributed by atoms with Gasteiger partial charge in [-0.1, -0.05) is 58.8 Å². The van der Waals surface area contributed by atoms with Gasteiger partial charge in [-0.15, -0.1) is 0 Å². The third-order valence-corrected chi connectivity index (χ3v) is 14.1. The minimum atomic E-state index is -1.03. The normalized spacial score (nSPS) is 45.8. The third-order valence-electron chi connectivity index (χ3n) is 14.1. The zero-order chi connectivity index (χ0) is 34.2. The van der Waals surface area contributed by atoms with E-state index in [0.717, 1.165) is 50.6 Å². The number of unbranched alkanes of at least 4 members (excludes halogenated alkanes) is 7. The van der Waals surface area contributed by atoms with Crippen molar-refractivity contribution in [2.75, 3.05) is 13.2 Å². The molecule has 0 unspecified atom stereocenters. The van der Waals surface area contributed by atoms with Crippen molar-refractivity contribution in [1.29, 1.82) is 0 Å². The van der Waals surface area contributed by atoms with E-state index in [2.05, 4.69) is 20.1 Å². The van der Waals surface area contributed by atoms with Gasteiger partial charge < -0.3 is 34.6 Å². The number of aliphatic hydroxyl groups is 4. The molecule has 0 aromatic carbocycles. The Labute approximate surface area is 287 Å². The molecule has 0 aromatic rings. The number of rotatable bonds is 13. The van der Waals surface area contributed by atoms with Gasteiger partial charge in [0.05, 0.1) is 29.5 Å². The van der Waals surface area contributed by atoms with Gasteiger partial charge in [0.15, 0.2) is 6.29 Å². The number of nitrogens with zero attached hydrogens (tertiary/aromatic N) is 1. The second-order valence-corrected chi connectivity index (χ2v) is 16.7. The zero-order valence-electron chi connectivity index (χ0n) is 29.8. The predicted molar refractivity (Wildman–Crippen MR) is 183 cm³/mol. The summed E-state index contributed by atoms with van der Waals surface area (Å²) in [4.78, 5) is 17.1. The lowest BCUT2D eigenvalue weighted by molar-refractivity contribution is -0.282. The number of carbonyl (C=O) groups is 1. The number of cyclic esters (lactones) is 1. The van der Waals surface area contributed by atoms with Crippen LogP contribution in [-0.2, 0) is 19.0 Å². The Kier molecular flexibility index (Phi) is 11.2. The lowest BCUT2D eigenvalue weighted by Gasteiger charge is -2.66. The number of aliphatic hydroxyl groups excluding tert-OH is 2. The van der Waals surface area contributed by atoms with Crippen LogP contribution in [0.4, 0.5) is 0 Å². The van der Waals surface area contributed by atoms with Gasteiger partial charge in [0.25, 0.3) is 0 Å². The van der Waals surface area contributed by atoms with E-state index >= 15 is 0 Å². The molecule has 0 amide bonds. The number of hydrogen-bond donors (Lipinski definition) is 4. The van der Waals surface area contributed by atoms with Crippen molar-refractivity contribution in [2.24, 2.45) is 33.6 Å². The van der Waals surface area contributed by atoms with E-state index in [1.54, 1.807) is 13.0 Å². The average Bonchev–Trinajstić information content (AvgIpc) is 3.60. The lowest BCUT2D eigenvalue weighted by Crippen LogP contribution is -2.69. The van der Waals surface area contributed by atoms with E-state index < -0.39 is 41.2 Å². The number of fused-ring (bicyclic) bond motifs is 5. The van der Waals surface area contributed by atoms with E-state index in [0.29, 0.717) is 32.3 Å². The molecule has 4 aliphatic carbocycles. The first-order valence-electron chi connectivity index (χ1n) is 19.5. The molecular weight excluding hydrogens is 610 g/mol. The van der Waals surface area contributed by atoms with Crippen molar-refractivity contribution < 1.29 is 39.4 Å². The van der Waals surface area contributed by atoms with Crippen molar-refractivity contribution in [2.45, 2.75) is 178 Å². The van der Waals surface area contributed by atoms with E-state index in [-0.39, 0.29) is 41.7 Å². The van der Waals surface area contributed by atoms with Crippen LogP contribution in [-0.4, -0.2) is 87.7 Å². The molecule has 6 aliphatic rings. The zero-order valence-corrected chi connectivity index (χ0v) is 29.8. The molecule has 4 N–H and O–H groups in total. The smallest absolute Gasteiger partial charge is 0.331 e. The molecule has 1 saturated heterocycles. The second kappa shape index (κ2) is 14.7. The van der Waals surface area contributed by atoms with Gasteiger partial charge in [-0.05, 0) is 88.0 Å². The Morgan fingerprint density at radius 3 is 2.40 bits per heavy atom. The van der Waals surface area contributed by atoms with Crippen molar-refractivity contribution in [3.8, 4) is 0 Å². The molecular formula is C39H63NO8. The number of esters is 1. The molecule has 48 heavy (non-hydrogen) atoms. The first kappa shape index (κ1) is 36.4. The fourth-order valence-corrected chi connectivity index (χ4v) is 11.3. The molecule has 9 heteroatoms. The minimum absolute atomic E-state index is 0.0337. The summed E-state index contributed by atoms with van der Waals surface area (Å²) in [7, 11) is 0. The quantitative estimate of drug-likeness (QED) is 0.0835. The monoisotopic (exact) mass is 673 g/mol. The summed E-state index contributed by atoms with van der Waals surface area (Å²) in [6, 6.07) is 0. The van der Waals surface area contributed by atoms with Gasteiger partial charge in [0.2, 0.25) is 0 Å². The minimum Gasteiger partial charge on any atom is -0.458 e. The maximum Gasteiger partial charge on any atom is 0.331 e. The Bertz CT molecular complexity index is 1180. The highest BCUT2D eigenvalue weighted by atomic mass is 16.7. The summed E-state index contributed by atoms with van der Waals surface area (Å²) in [5, 5.41) is 46.1. The fourth-order valence-electron chi connectivity index (χ4n) is 11.3. The number of carbonyl (C=O) groups excluding carboxylic acids is 1. The largest absolute Gasteiger partial charge is 0.458 e. The third kappa shape index (κ3) is 6.58. The van der Waals surface area contributed by atoms with Crippen LogP contribution in [0.1, 0.15) is 136 Å². The average molecular weight is 674 g/mol. The van der Waals surface area contributed by atoms with Crippen molar-refractivity contribution in [1.82, 2.24) is 0 Å². The Hall–Kier alpha value is -1.36. The van der Waals surface area contributed by atoms with Crippen LogP contribution in [0.15, 0.2) is 16.6 Å². The molecule has 0 spiro atoms. The van der Waals surface area contributed by atoms with Crippen molar-refractivity contribution in [3.63, 3.8) is 0 Å². The first-order chi connectivity index (χ1) is 23.0. The maximum atomic E-state index is 12.8. The molecule has 9 nitrogen and oxygen atoms in total. The predicted octanol–water partition coefficient (Wildman–Crippen LogP) is 5.79. The molecule has 6 rings (SSSR count). The first-order valence-corrected chi connectivity index (χ1v) is 19.5. The summed E-state index contributed by atoms with van der Waals surface area (Å²) in [5.74, 6) is -0.0240. The number of hydrogen-bond acceptors (Lipinski definition) is 9. The Morgan fingerprint density at radius 1 is 0.958 bits per heavy atom. The highest BCUT2D eigenvalue weighted by Crippen LogP contribution is 2.70. The van der Waals surface area contributed by atoms with Gasteiger partial charge in [-0.3, -0.25) is 4.99 Å². The maximum absolute atomic E-state index is 12.8. The lowest BCUT2D eigenvalue weighted by atomic mass is 9.41. The highest BCUT2D eigenvalue weighted by Gasteiger charge is 2.71. The van der Waals surface area contributed by atoms with E-state index in [4.69, 9.17) is 19.2 Å². The highest BCUT2D eigenvalue weighted by molar-refractivity contribution is 5.85.